The van der Waals surface area contributed by atoms with Crippen LogP contribution in [0.4, 0.5) is 5.69 Å². The summed E-state index contributed by atoms with van der Waals surface area (Å²) in [6, 6.07) is 7.09. The van der Waals surface area contributed by atoms with E-state index < -0.39 is 17.9 Å². The van der Waals surface area contributed by atoms with Crippen LogP contribution in [0.3, 0.4) is 0 Å². The van der Waals surface area contributed by atoms with Gasteiger partial charge < -0.3 is 15.1 Å². The number of benzene rings is 1. The Kier molecular flexibility index (Phi) is 5.77. The molecule has 0 radical (unpaired) electrons. The molecule has 1 aromatic rings. The van der Waals surface area contributed by atoms with Crippen LogP contribution in [0, 0.1) is 5.92 Å². The lowest BCUT2D eigenvalue weighted by Gasteiger charge is -2.25. The number of anilines is 1. The molecule has 1 aromatic carbocycles. The maximum atomic E-state index is 10.9. The summed E-state index contributed by atoms with van der Waals surface area (Å²) < 4.78 is 0. The number of hydrogen-bond donors (Lipinski definition) is 2. The van der Waals surface area contributed by atoms with Gasteiger partial charge in [-0.2, -0.15) is 0 Å². The van der Waals surface area contributed by atoms with E-state index in [0.717, 1.165) is 5.69 Å². The molecule has 2 N–H and O–H groups in total. The standard InChI is InChI=1S/C15H19NO4/c1-3-8-16(10-11(2)15(19)20)13-6-4-12(5-7-13)9-14(17)18/h3-7,11H,1,8-10H2,2H3,(H,17,18)(H,19,20). The Morgan fingerprint density at radius 1 is 1.30 bits per heavy atom. The second-order valence-electron chi connectivity index (χ2n) is 4.67. The third-order valence-electron chi connectivity index (χ3n) is 2.92. The van der Waals surface area contributed by atoms with Crippen molar-refractivity contribution in [2.45, 2.75) is 13.3 Å². The van der Waals surface area contributed by atoms with E-state index in [2.05, 4.69) is 6.58 Å². The third kappa shape index (κ3) is 4.76. The number of nitrogens with zero attached hydrogens (tertiary/aromatic N) is 1. The van der Waals surface area contributed by atoms with E-state index in [-0.39, 0.29) is 6.42 Å². The van der Waals surface area contributed by atoms with Gasteiger partial charge in [0.2, 0.25) is 0 Å². The van der Waals surface area contributed by atoms with Gasteiger partial charge in [0.15, 0.2) is 0 Å². The SMILES string of the molecule is C=CCN(CC(C)C(=O)O)c1ccc(CC(=O)O)cc1. The molecule has 0 saturated heterocycles. The molecule has 0 bridgehead atoms. The van der Waals surface area contributed by atoms with Crippen LogP contribution in [0.25, 0.3) is 0 Å². The minimum absolute atomic E-state index is 0.0206. The van der Waals surface area contributed by atoms with Gasteiger partial charge in [-0.25, -0.2) is 0 Å². The second-order valence-corrected chi connectivity index (χ2v) is 4.67. The summed E-state index contributed by atoms with van der Waals surface area (Å²) in [6.45, 7) is 6.23. The first-order chi connectivity index (χ1) is 9.43. The second kappa shape index (κ2) is 7.33. The van der Waals surface area contributed by atoms with E-state index in [1.54, 1.807) is 37.3 Å². The van der Waals surface area contributed by atoms with Gasteiger partial charge in [-0.3, -0.25) is 9.59 Å². The Balaban J connectivity index is 2.83. The van der Waals surface area contributed by atoms with Gasteiger partial charge >= 0.3 is 11.9 Å². The van der Waals surface area contributed by atoms with Crippen LogP contribution in [-0.4, -0.2) is 35.2 Å². The lowest BCUT2D eigenvalue weighted by molar-refractivity contribution is -0.141. The number of rotatable bonds is 8. The first-order valence-electron chi connectivity index (χ1n) is 6.33. The minimum Gasteiger partial charge on any atom is -0.481 e. The Hall–Kier alpha value is -2.30. The Morgan fingerprint density at radius 3 is 2.35 bits per heavy atom. The highest BCUT2D eigenvalue weighted by Crippen LogP contribution is 2.17. The summed E-state index contributed by atoms with van der Waals surface area (Å²) in [5.74, 6) is -2.21. The molecule has 0 amide bonds. The summed E-state index contributed by atoms with van der Waals surface area (Å²) in [4.78, 5) is 23.4. The van der Waals surface area contributed by atoms with Crippen molar-refractivity contribution in [3.8, 4) is 0 Å². The van der Waals surface area contributed by atoms with Crippen molar-refractivity contribution in [1.29, 1.82) is 0 Å². The summed E-state index contributed by atoms with van der Waals surface area (Å²) in [5, 5.41) is 17.7. The number of carbonyl (C=O) groups is 2. The van der Waals surface area contributed by atoms with E-state index in [0.29, 0.717) is 18.7 Å². The normalized spacial score (nSPS) is 11.7. The van der Waals surface area contributed by atoms with E-state index in [1.165, 1.54) is 0 Å². The van der Waals surface area contributed by atoms with E-state index in [1.807, 2.05) is 4.90 Å². The molecule has 0 fully saturated rings. The Labute approximate surface area is 118 Å². The van der Waals surface area contributed by atoms with Crippen LogP contribution in [0.1, 0.15) is 12.5 Å². The van der Waals surface area contributed by atoms with Crippen molar-refractivity contribution >= 4 is 17.6 Å². The summed E-state index contributed by atoms with van der Waals surface area (Å²) in [7, 11) is 0. The molecule has 0 saturated carbocycles. The van der Waals surface area contributed by atoms with Gasteiger partial charge in [0.05, 0.1) is 12.3 Å². The van der Waals surface area contributed by atoms with Crippen LogP contribution in [0.15, 0.2) is 36.9 Å². The van der Waals surface area contributed by atoms with Crippen LogP contribution in [-0.2, 0) is 16.0 Å². The molecule has 5 heteroatoms. The van der Waals surface area contributed by atoms with Gasteiger partial charge in [-0.1, -0.05) is 25.1 Å². The molecule has 20 heavy (non-hydrogen) atoms. The lowest BCUT2D eigenvalue weighted by atomic mass is 10.1. The van der Waals surface area contributed by atoms with Gasteiger partial charge in [-0.05, 0) is 17.7 Å². The highest BCUT2D eigenvalue weighted by atomic mass is 16.4. The van der Waals surface area contributed by atoms with Crippen molar-refractivity contribution in [3.05, 3.63) is 42.5 Å². The predicted octanol–water partition coefficient (Wildman–Crippen LogP) is 2.03. The Morgan fingerprint density at radius 2 is 1.90 bits per heavy atom. The van der Waals surface area contributed by atoms with Gasteiger partial charge in [0.1, 0.15) is 0 Å². The zero-order valence-corrected chi connectivity index (χ0v) is 11.5. The fourth-order valence-electron chi connectivity index (χ4n) is 1.85. The fourth-order valence-corrected chi connectivity index (χ4v) is 1.85. The summed E-state index contributed by atoms with van der Waals surface area (Å²) >= 11 is 0. The third-order valence-corrected chi connectivity index (χ3v) is 2.92. The van der Waals surface area contributed by atoms with Crippen LogP contribution >= 0.6 is 0 Å². The van der Waals surface area contributed by atoms with Crippen molar-refractivity contribution in [2.75, 3.05) is 18.0 Å². The molecule has 5 nitrogen and oxygen atoms in total. The van der Waals surface area contributed by atoms with E-state index in [4.69, 9.17) is 10.2 Å². The minimum atomic E-state index is -0.875. The lowest BCUT2D eigenvalue weighted by Crippen LogP contribution is -2.32. The van der Waals surface area contributed by atoms with Crippen LogP contribution in [0.2, 0.25) is 0 Å². The zero-order chi connectivity index (χ0) is 15.1. The topological polar surface area (TPSA) is 77.8 Å². The molecular formula is C15H19NO4. The molecule has 0 heterocycles. The number of carboxylic acids is 2. The molecular weight excluding hydrogens is 258 g/mol. The number of aliphatic carboxylic acids is 2. The number of carboxylic acid groups (broad SMARTS) is 2. The zero-order valence-electron chi connectivity index (χ0n) is 11.5. The van der Waals surface area contributed by atoms with Crippen molar-refractivity contribution < 1.29 is 19.8 Å². The maximum Gasteiger partial charge on any atom is 0.308 e. The summed E-state index contributed by atoms with van der Waals surface area (Å²) in [5.41, 5.74) is 1.57. The van der Waals surface area contributed by atoms with Gasteiger partial charge in [0.25, 0.3) is 0 Å². The first-order valence-corrected chi connectivity index (χ1v) is 6.33. The molecule has 0 aliphatic carbocycles. The molecule has 1 rings (SSSR count). The van der Waals surface area contributed by atoms with Crippen LogP contribution in [0.5, 0.6) is 0 Å². The average Bonchev–Trinajstić information content (AvgIpc) is 2.38. The smallest absolute Gasteiger partial charge is 0.308 e. The van der Waals surface area contributed by atoms with E-state index >= 15 is 0 Å². The largest absolute Gasteiger partial charge is 0.481 e. The van der Waals surface area contributed by atoms with Crippen LogP contribution < -0.4 is 4.90 Å². The predicted molar refractivity (Wildman–Crippen MR) is 77.0 cm³/mol. The molecule has 0 spiro atoms. The average molecular weight is 277 g/mol. The first kappa shape index (κ1) is 15.8. The van der Waals surface area contributed by atoms with Gasteiger partial charge in [-0.15, -0.1) is 6.58 Å². The molecule has 1 atom stereocenters. The summed E-state index contributed by atoms with van der Waals surface area (Å²) in [6.07, 6.45) is 1.69. The molecule has 108 valence electrons. The highest BCUT2D eigenvalue weighted by Gasteiger charge is 2.16. The number of hydrogen-bond acceptors (Lipinski definition) is 3. The Bertz CT molecular complexity index is 481. The van der Waals surface area contributed by atoms with Crippen molar-refractivity contribution in [2.24, 2.45) is 5.92 Å². The monoisotopic (exact) mass is 277 g/mol. The molecule has 0 aliphatic rings. The molecule has 0 aromatic heterocycles. The fraction of sp³-hybridized carbons (Fsp3) is 0.333. The van der Waals surface area contributed by atoms with Crippen molar-refractivity contribution in [1.82, 2.24) is 0 Å². The van der Waals surface area contributed by atoms with E-state index in [9.17, 15) is 9.59 Å². The van der Waals surface area contributed by atoms with Crippen molar-refractivity contribution in [3.63, 3.8) is 0 Å². The maximum absolute atomic E-state index is 10.9. The highest BCUT2D eigenvalue weighted by molar-refractivity contribution is 5.71. The molecule has 1 unspecified atom stereocenters. The quantitative estimate of drug-likeness (QED) is 0.711. The van der Waals surface area contributed by atoms with Gasteiger partial charge in [0, 0.05) is 18.8 Å². The molecule has 0 aliphatic heterocycles.